The largest absolute Gasteiger partial charge is 0.444 e. The average molecular weight is 369 g/mol. The smallest absolute Gasteiger partial charge is 0.410 e. The molecule has 3 rings (SSSR count). The van der Waals surface area contributed by atoms with Crippen LogP contribution < -0.4 is 5.32 Å². The zero-order chi connectivity index (χ0) is 18.2. The summed E-state index contributed by atoms with van der Waals surface area (Å²) in [6, 6.07) is 3.35. The Kier molecular flexibility index (Phi) is 4.75. The van der Waals surface area contributed by atoms with Gasteiger partial charge in [0.25, 0.3) is 6.01 Å². The Morgan fingerprint density at radius 1 is 1.40 bits per heavy atom. The highest BCUT2D eigenvalue weighted by molar-refractivity contribution is 6.29. The molecule has 1 saturated heterocycles. The normalized spacial score (nSPS) is 21.4. The van der Waals surface area contributed by atoms with E-state index in [0.29, 0.717) is 29.3 Å². The third-order valence-corrected chi connectivity index (χ3v) is 3.84. The third-order valence-electron chi connectivity index (χ3n) is 3.63. The van der Waals surface area contributed by atoms with E-state index in [1.165, 1.54) is 4.90 Å². The molecule has 0 bridgehead atoms. The van der Waals surface area contributed by atoms with Crippen LogP contribution in [0.4, 0.5) is 10.8 Å². The summed E-state index contributed by atoms with van der Waals surface area (Å²) in [5.74, 6) is 0. The molecule has 2 N–H and O–H groups in total. The zero-order valence-electron chi connectivity index (χ0n) is 14.3. The maximum atomic E-state index is 12.2. The minimum absolute atomic E-state index is 0.222. The van der Waals surface area contributed by atoms with Crippen LogP contribution in [0, 0.1) is 0 Å². The molecule has 3 heterocycles. The molecule has 0 aliphatic carbocycles. The van der Waals surface area contributed by atoms with Gasteiger partial charge in [-0.25, -0.2) is 9.78 Å². The molecule has 8 nitrogen and oxygen atoms in total. The molecular formula is C16H21ClN4O4. The third kappa shape index (κ3) is 4.52. The minimum atomic E-state index is -0.657. The Hall–Kier alpha value is -2.06. The number of amides is 1. The highest BCUT2D eigenvalue weighted by Crippen LogP contribution is 2.22. The van der Waals surface area contributed by atoms with Crippen LogP contribution in [0.1, 0.15) is 27.2 Å². The highest BCUT2D eigenvalue weighted by Gasteiger charge is 2.32. The number of nitrogens with zero attached hydrogens (tertiary/aromatic N) is 3. The first kappa shape index (κ1) is 17.8. The molecule has 1 aliphatic rings. The number of ether oxygens (including phenoxy) is 1. The predicted molar refractivity (Wildman–Crippen MR) is 92.7 cm³/mol. The number of likely N-dealkylation sites (tertiary alicyclic amines) is 1. The van der Waals surface area contributed by atoms with E-state index in [1.807, 2.05) is 0 Å². The lowest BCUT2D eigenvalue weighted by Gasteiger charge is -2.36. The van der Waals surface area contributed by atoms with Gasteiger partial charge in [-0.1, -0.05) is 11.6 Å². The molecule has 25 heavy (non-hydrogen) atoms. The number of rotatable bonds is 2. The first-order valence-corrected chi connectivity index (χ1v) is 8.43. The summed E-state index contributed by atoms with van der Waals surface area (Å²) in [6.07, 6.45) is -0.647. The summed E-state index contributed by atoms with van der Waals surface area (Å²) in [6.45, 7) is 6.02. The van der Waals surface area contributed by atoms with Crippen LogP contribution in [0.2, 0.25) is 5.15 Å². The molecule has 1 fully saturated rings. The van der Waals surface area contributed by atoms with Crippen LogP contribution in [0.3, 0.4) is 0 Å². The van der Waals surface area contributed by atoms with Crippen molar-refractivity contribution in [3.8, 4) is 0 Å². The summed E-state index contributed by atoms with van der Waals surface area (Å²) in [5.41, 5.74) is 0.316. The number of halogens is 1. The molecule has 0 aromatic carbocycles. The molecule has 0 saturated carbocycles. The fourth-order valence-corrected chi connectivity index (χ4v) is 2.83. The van der Waals surface area contributed by atoms with Gasteiger partial charge < -0.3 is 24.5 Å². The Labute approximate surface area is 150 Å². The van der Waals surface area contributed by atoms with Gasteiger partial charge in [-0.15, -0.1) is 0 Å². The van der Waals surface area contributed by atoms with Crippen molar-refractivity contribution in [1.29, 1.82) is 0 Å². The fourth-order valence-electron chi connectivity index (χ4n) is 2.68. The lowest BCUT2D eigenvalue weighted by atomic mass is 10.0. The maximum absolute atomic E-state index is 12.2. The van der Waals surface area contributed by atoms with Crippen LogP contribution in [-0.2, 0) is 4.74 Å². The molecule has 1 aliphatic heterocycles. The van der Waals surface area contributed by atoms with Crippen LogP contribution in [0.5, 0.6) is 0 Å². The van der Waals surface area contributed by atoms with Gasteiger partial charge >= 0.3 is 6.09 Å². The topological polar surface area (TPSA) is 101 Å². The number of pyridine rings is 1. The molecule has 2 aromatic heterocycles. The zero-order valence-corrected chi connectivity index (χ0v) is 15.1. The minimum Gasteiger partial charge on any atom is -0.444 e. The number of fused-ring (bicyclic) bond motifs is 1. The van der Waals surface area contributed by atoms with Gasteiger partial charge in [0.1, 0.15) is 10.8 Å². The van der Waals surface area contributed by atoms with Crippen LogP contribution in [0.15, 0.2) is 16.5 Å². The Balaban J connectivity index is 1.69. The molecule has 9 heteroatoms. The summed E-state index contributed by atoms with van der Waals surface area (Å²) in [5, 5.41) is 13.5. The first-order valence-electron chi connectivity index (χ1n) is 8.05. The number of aromatic nitrogens is 2. The van der Waals surface area contributed by atoms with Gasteiger partial charge in [-0.05, 0) is 39.3 Å². The van der Waals surface area contributed by atoms with Crippen molar-refractivity contribution in [2.45, 2.75) is 44.9 Å². The second kappa shape index (κ2) is 6.68. The number of anilines is 1. The number of β-amino-alcohol motifs (C(OH)–C–C–N with tert-alkyl or cyclic N) is 1. The van der Waals surface area contributed by atoms with Crippen molar-refractivity contribution >= 4 is 34.9 Å². The number of nitrogens with one attached hydrogen (secondary N) is 1. The number of carbonyl (C=O) groups is 1. The average Bonchev–Trinajstić information content (AvgIpc) is 2.86. The van der Waals surface area contributed by atoms with Gasteiger partial charge in [-0.2, -0.15) is 4.98 Å². The number of hydrogen-bond acceptors (Lipinski definition) is 7. The lowest BCUT2D eigenvalue weighted by Crippen LogP contribution is -2.52. The summed E-state index contributed by atoms with van der Waals surface area (Å²) in [4.78, 5) is 22.0. The SMILES string of the molecule is CC(C)(C)OC(=O)N1CC(O)CC(Nc2nc3nc(Cl)ccc3o2)C1. The highest BCUT2D eigenvalue weighted by atomic mass is 35.5. The standard InChI is InChI=1S/C16H21ClN4O4/c1-16(2,3)25-15(23)21-7-9(6-10(22)8-21)18-14-20-13-11(24-14)4-5-12(17)19-13/h4-5,9-10,22H,6-8H2,1-3H3,(H,18,19,20). The fraction of sp³-hybridized carbons (Fsp3) is 0.562. The van der Waals surface area contributed by atoms with E-state index in [0.717, 1.165) is 0 Å². The van der Waals surface area contributed by atoms with E-state index in [4.69, 9.17) is 20.8 Å². The quantitative estimate of drug-likeness (QED) is 0.786. The van der Waals surface area contributed by atoms with Crippen molar-refractivity contribution in [3.05, 3.63) is 17.3 Å². The van der Waals surface area contributed by atoms with E-state index < -0.39 is 17.8 Å². The van der Waals surface area contributed by atoms with E-state index in [-0.39, 0.29) is 18.6 Å². The predicted octanol–water partition coefficient (Wildman–Crippen LogP) is 2.66. The second-order valence-corrected chi connectivity index (χ2v) is 7.48. The number of piperidine rings is 1. The maximum Gasteiger partial charge on any atom is 0.410 e. The lowest BCUT2D eigenvalue weighted by molar-refractivity contribution is 0.00167. The van der Waals surface area contributed by atoms with Crippen LogP contribution in [0.25, 0.3) is 11.2 Å². The van der Waals surface area contributed by atoms with Gasteiger partial charge in [0.15, 0.2) is 5.58 Å². The van der Waals surface area contributed by atoms with Crippen molar-refractivity contribution in [3.63, 3.8) is 0 Å². The van der Waals surface area contributed by atoms with Gasteiger partial charge in [0.2, 0.25) is 5.65 Å². The summed E-state index contributed by atoms with van der Waals surface area (Å²) >= 11 is 5.84. The first-order chi connectivity index (χ1) is 11.7. The van der Waals surface area contributed by atoms with Gasteiger partial charge in [-0.3, -0.25) is 0 Å². The Bertz CT molecular complexity index is 773. The number of oxazole rings is 1. The molecule has 0 radical (unpaired) electrons. The van der Waals surface area contributed by atoms with E-state index >= 15 is 0 Å². The van der Waals surface area contributed by atoms with E-state index in [9.17, 15) is 9.90 Å². The molecule has 2 aromatic rings. The monoisotopic (exact) mass is 368 g/mol. The second-order valence-electron chi connectivity index (χ2n) is 7.09. The molecule has 1 amide bonds. The molecule has 2 unspecified atom stereocenters. The molecule has 0 spiro atoms. The summed E-state index contributed by atoms with van der Waals surface area (Å²) < 4.78 is 10.9. The number of hydrogen-bond donors (Lipinski definition) is 2. The van der Waals surface area contributed by atoms with Crippen molar-refractivity contribution in [2.75, 3.05) is 18.4 Å². The Morgan fingerprint density at radius 3 is 2.88 bits per heavy atom. The Morgan fingerprint density at radius 2 is 2.16 bits per heavy atom. The molecular weight excluding hydrogens is 348 g/mol. The van der Waals surface area contributed by atoms with E-state index in [2.05, 4.69) is 15.3 Å². The van der Waals surface area contributed by atoms with Gasteiger partial charge in [0, 0.05) is 6.54 Å². The van der Waals surface area contributed by atoms with Crippen molar-refractivity contribution in [1.82, 2.24) is 14.9 Å². The van der Waals surface area contributed by atoms with Crippen LogP contribution >= 0.6 is 11.6 Å². The number of aliphatic hydroxyl groups is 1. The van der Waals surface area contributed by atoms with Crippen molar-refractivity contribution < 1.29 is 19.1 Å². The van der Waals surface area contributed by atoms with E-state index in [1.54, 1.807) is 32.9 Å². The van der Waals surface area contributed by atoms with Gasteiger partial charge in [0.05, 0.1) is 18.7 Å². The molecule has 136 valence electrons. The molecule has 2 atom stereocenters. The number of carbonyl (C=O) groups excluding carboxylic acids is 1. The summed E-state index contributed by atoms with van der Waals surface area (Å²) in [7, 11) is 0. The van der Waals surface area contributed by atoms with Crippen molar-refractivity contribution in [2.24, 2.45) is 0 Å². The van der Waals surface area contributed by atoms with Crippen LogP contribution in [-0.4, -0.2) is 56.9 Å². The number of aliphatic hydroxyl groups excluding tert-OH is 1.